The van der Waals surface area contributed by atoms with Crippen LogP contribution < -0.4 is 11.5 Å². The van der Waals surface area contributed by atoms with E-state index in [4.69, 9.17) is 26.1 Å². The molecule has 0 aliphatic rings. The Morgan fingerprint density at radius 2 is 2.08 bits per heavy atom. The van der Waals surface area contributed by atoms with Crippen molar-refractivity contribution in [2.45, 2.75) is 12.8 Å². The Morgan fingerprint density at radius 1 is 1.36 bits per heavy atom. The van der Waals surface area contributed by atoms with Crippen LogP contribution in [0.25, 0.3) is 22.2 Å². The van der Waals surface area contributed by atoms with Crippen LogP contribution in [0.2, 0.25) is 0 Å². The number of fused-ring (bicyclic) bond motifs is 1. The van der Waals surface area contributed by atoms with Crippen molar-refractivity contribution >= 4 is 29.1 Å². The number of hydrogen-bond donors (Lipinski definition) is 4. The fraction of sp³-hybridized carbons (Fsp3) is 0.250. The number of aromatic nitrogens is 4. The van der Waals surface area contributed by atoms with Gasteiger partial charge in [0.1, 0.15) is 5.82 Å². The highest BCUT2D eigenvalue weighted by Gasteiger charge is 2.16. The average Bonchev–Trinajstić information content (AvgIpc) is 3.09. The minimum absolute atomic E-state index is 0.143. The Morgan fingerprint density at radius 3 is 2.68 bits per heavy atom. The first-order valence-corrected chi connectivity index (χ1v) is 7.45. The molecule has 0 aliphatic heterocycles. The summed E-state index contributed by atoms with van der Waals surface area (Å²) in [7, 11) is 1.68. The van der Waals surface area contributed by atoms with Crippen molar-refractivity contribution in [2.24, 2.45) is 0 Å². The summed E-state index contributed by atoms with van der Waals surface area (Å²) in [5.74, 6) is 0.693. The van der Waals surface area contributed by atoms with Crippen LogP contribution >= 0.6 is 0 Å². The largest absolute Gasteiger partial charge is 0.483 e. The Kier molecular flexibility index (Phi) is 5.85. The second-order valence-electron chi connectivity index (χ2n) is 5.36. The van der Waals surface area contributed by atoms with Gasteiger partial charge in [-0.1, -0.05) is 6.92 Å². The minimum Gasteiger partial charge on any atom is -0.483 e. The second kappa shape index (κ2) is 8.06. The van der Waals surface area contributed by atoms with E-state index < -0.39 is 0 Å². The predicted octanol–water partition coefficient (Wildman–Crippen LogP) is 1.64. The molecule has 3 rings (SSSR count). The maximum Gasteiger partial charge on any atom is 0.290 e. The van der Waals surface area contributed by atoms with Gasteiger partial charge in [0, 0.05) is 30.2 Å². The van der Waals surface area contributed by atoms with E-state index in [-0.39, 0.29) is 18.3 Å². The number of nitrogen functional groups attached to an aromatic ring is 2. The summed E-state index contributed by atoms with van der Waals surface area (Å²) >= 11 is 0. The average molecular weight is 344 g/mol. The predicted molar refractivity (Wildman–Crippen MR) is 94.9 cm³/mol. The fourth-order valence-corrected chi connectivity index (χ4v) is 2.64. The highest BCUT2D eigenvalue weighted by atomic mass is 16.5. The normalized spacial score (nSPS) is 11.6. The number of ether oxygens (including phenoxy) is 1. The molecule has 1 atom stereocenters. The quantitative estimate of drug-likeness (QED) is 0.521. The van der Waals surface area contributed by atoms with Gasteiger partial charge in [-0.3, -0.25) is 9.89 Å². The number of aromatic amines is 1. The fourth-order valence-electron chi connectivity index (χ4n) is 2.64. The minimum atomic E-state index is -0.250. The lowest BCUT2D eigenvalue weighted by atomic mass is 9.94. The van der Waals surface area contributed by atoms with Gasteiger partial charge >= 0.3 is 0 Å². The van der Waals surface area contributed by atoms with Crippen molar-refractivity contribution in [3.05, 3.63) is 30.0 Å². The molecule has 1 unspecified atom stereocenters. The lowest BCUT2D eigenvalue weighted by molar-refractivity contribution is -0.122. The molecule has 0 amide bonds. The molecular formula is C16H20N6O3. The third kappa shape index (κ3) is 4.01. The maximum absolute atomic E-state index is 8.36. The second-order valence-corrected chi connectivity index (χ2v) is 5.36. The summed E-state index contributed by atoms with van der Waals surface area (Å²) in [6.07, 6.45) is 1.71. The number of hydrogen-bond acceptors (Lipinski definition) is 7. The third-order valence-corrected chi connectivity index (χ3v) is 3.63. The van der Waals surface area contributed by atoms with E-state index in [9.17, 15) is 0 Å². The van der Waals surface area contributed by atoms with E-state index in [1.165, 1.54) is 0 Å². The molecule has 0 bridgehead atoms. The van der Waals surface area contributed by atoms with Gasteiger partial charge in [-0.2, -0.15) is 10.1 Å². The first-order valence-electron chi connectivity index (χ1n) is 7.45. The van der Waals surface area contributed by atoms with Crippen LogP contribution in [-0.4, -0.2) is 45.5 Å². The van der Waals surface area contributed by atoms with Gasteiger partial charge in [0.05, 0.1) is 17.8 Å². The monoisotopic (exact) mass is 344 g/mol. The van der Waals surface area contributed by atoms with Crippen LogP contribution in [0.5, 0.6) is 0 Å². The molecule has 0 saturated heterocycles. The van der Waals surface area contributed by atoms with E-state index in [1.54, 1.807) is 13.3 Å². The lowest BCUT2D eigenvalue weighted by Crippen LogP contribution is -2.07. The van der Waals surface area contributed by atoms with Crippen LogP contribution in [0, 0.1) is 0 Å². The number of rotatable bonds is 4. The molecule has 6 N–H and O–H groups in total. The molecule has 0 aliphatic carbocycles. The Bertz CT molecular complexity index is 851. The van der Waals surface area contributed by atoms with Crippen LogP contribution in [0.1, 0.15) is 18.4 Å². The number of nitrogens with zero attached hydrogens (tertiary/aromatic N) is 3. The van der Waals surface area contributed by atoms with E-state index in [2.05, 4.69) is 33.2 Å². The van der Waals surface area contributed by atoms with Crippen LogP contribution in [0.3, 0.4) is 0 Å². The molecule has 0 spiro atoms. The highest BCUT2D eigenvalue weighted by molar-refractivity contribution is 5.95. The summed E-state index contributed by atoms with van der Waals surface area (Å²) < 4.78 is 5.27. The molecule has 9 heteroatoms. The molecule has 2 heterocycles. The van der Waals surface area contributed by atoms with Gasteiger partial charge in [0.2, 0.25) is 5.95 Å². The van der Waals surface area contributed by atoms with Crippen molar-refractivity contribution in [2.75, 3.05) is 25.2 Å². The molecule has 3 aromatic rings. The van der Waals surface area contributed by atoms with E-state index in [0.717, 1.165) is 27.7 Å². The standard InChI is InChI=1S/C15H18N6O.CH2O2/c1-8(7-22-2)10-5-9(11-3-4-18-21-11)6-12-13(10)14(16)20-15(17)19-12;2-1-3/h3-6,8H,7H2,1-2H3,(H,18,21)(H4,16,17,19,20);1H,(H,2,3). The number of methoxy groups -OCH3 is 1. The van der Waals surface area contributed by atoms with E-state index in [1.807, 2.05) is 12.1 Å². The summed E-state index contributed by atoms with van der Waals surface area (Å²) in [6, 6.07) is 5.90. The molecule has 0 saturated carbocycles. The van der Waals surface area contributed by atoms with Crippen molar-refractivity contribution < 1.29 is 14.6 Å². The smallest absolute Gasteiger partial charge is 0.290 e. The third-order valence-electron chi connectivity index (χ3n) is 3.63. The van der Waals surface area contributed by atoms with E-state index in [0.29, 0.717) is 12.4 Å². The van der Waals surface area contributed by atoms with Gasteiger partial charge in [0.25, 0.3) is 6.47 Å². The highest BCUT2D eigenvalue weighted by Crippen LogP contribution is 2.33. The first-order chi connectivity index (χ1) is 12.0. The van der Waals surface area contributed by atoms with Gasteiger partial charge in [-0.15, -0.1) is 0 Å². The molecule has 25 heavy (non-hydrogen) atoms. The number of H-pyrrole nitrogens is 1. The Labute approximate surface area is 144 Å². The first kappa shape index (κ1) is 18.1. The SMILES string of the molecule is COCC(C)c1cc(-c2ccn[nH]2)cc2nc(N)nc(N)c12.O=CO. The van der Waals surface area contributed by atoms with Gasteiger partial charge in [0.15, 0.2) is 0 Å². The van der Waals surface area contributed by atoms with Gasteiger partial charge in [-0.25, -0.2) is 4.98 Å². The summed E-state index contributed by atoms with van der Waals surface area (Å²) in [4.78, 5) is 16.8. The number of anilines is 2. The number of nitrogens with two attached hydrogens (primary N) is 2. The summed E-state index contributed by atoms with van der Waals surface area (Å²) in [5.41, 5.74) is 15.4. The number of carboxylic acid groups (broad SMARTS) is 1. The maximum atomic E-state index is 8.36. The summed E-state index contributed by atoms with van der Waals surface area (Å²) in [6.45, 7) is 2.40. The van der Waals surface area contributed by atoms with Crippen molar-refractivity contribution in [3.63, 3.8) is 0 Å². The molecule has 1 aromatic carbocycles. The van der Waals surface area contributed by atoms with Gasteiger partial charge in [-0.05, 0) is 23.8 Å². The number of nitrogens with one attached hydrogen (secondary N) is 1. The van der Waals surface area contributed by atoms with Crippen LogP contribution in [0.15, 0.2) is 24.4 Å². The molecule has 132 valence electrons. The van der Waals surface area contributed by atoms with Crippen molar-refractivity contribution in [3.8, 4) is 11.3 Å². The van der Waals surface area contributed by atoms with E-state index >= 15 is 0 Å². The molecule has 0 fully saturated rings. The lowest BCUT2D eigenvalue weighted by Gasteiger charge is -2.16. The van der Waals surface area contributed by atoms with Crippen molar-refractivity contribution in [1.29, 1.82) is 0 Å². The molecular weight excluding hydrogens is 324 g/mol. The molecule has 2 aromatic heterocycles. The zero-order valence-electron chi connectivity index (χ0n) is 13.9. The number of carbonyl (C=O) groups is 1. The summed E-state index contributed by atoms with van der Waals surface area (Å²) in [5, 5.41) is 14.7. The number of benzene rings is 1. The zero-order valence-corrected chi connectivity index (χ0v) is 13.9. The molecule has 0 radical (unpaired) electrons. The Balaban J connectivity index is 0.000000701. The molecule has 9 nitrogen and oxygen atoms in total. The Hall–Kier alpha value is -3.20. The topological polar surface area (TPSA) is 153 Å². The van der Waals surface area contributed by atoms with Crippen molar-refractivity contribution in [1.82, 2.24) is 20.2 Å². The zero-order chi connectivity index (χ0) is 18.4. The van der Waals surface area contributed by atoms with Gasteiger partial charge < -0.3 is 21.3 Å². The van der Waals surface area contributed by atoms with Crippen LogP contribution in [-0.2, 0) is 9.53 Å². The van der Waals surface area contributed by atoms with Crippen LogP contribution in [0.4, 0.5) is 11.8 Å².